The summed E-state index contributed by atoms with van der Waals surface area (Å²) in [6.45, 7) is 4.63. The fraction of sp³-hybridized carbons (Fsp3) is 1.00. The summed E-state index contributed by atoms with van der Waals surface area (Å²) >= 11 is 0. The zero-order valence-corrected chi connectivity index (χ0v) is 10.9. The second kappa shape index (κ2) is 6.72. The molecule has 1 heterocycles. The van der Waals surface area contributed by atoms with Gasteiger partial charge in [0.1, 0.15) is 0 Å². The molecular weight excluding hydrogens is 216 g/mol. The quantitative estimate of drug-likeness (QED) is 0.777. The number of hydrogen-bond donors (Lipinski definition) is 1. The van der Waals surface area contributed by atoms with Gasteiger partial charge < -0.3 is 14.6 Å². The molecular formula is C14H26O3. The van der Waals surface area contributed by atoms with Gasteiger partial charge in [-0.15, -0.1) is 0 Å². The van der Waals surface area contributed by atoms with E-state index in [1.165, 1.54) is 0 Å². The van der Waals surface area contributed by atoms with E-state index in [4.69, 9.17) is 9.47 Å². The van der Waals surface area contributed by atoms with Gasteiger partial charge in [-0.1, -0.05) is 0 Å². The van der Waals surface area contributed by atoms with Crippen LogP contribution in [0.4, 0.5) is 0 Å². The van der Waals surface area contributed by atoms with Crippen LogP contribution in [0, 0.1) is 11.8 Å². The molecule has 0 bridgehead atoms. The van der Waals surface area contributed by atoms with Crippen LogP contribution in [0.25, 0.3) is 0 Å². The number of aliphatic hydroxyl groups is 1. The third-order valence-electron chi connectivity index (χ3n) is 4.15. The van der Waals surface area contributed by atoms with Gasteiger partial charge in [-0.05, 0) is 57.3 Å². The monoisotopic (exact) mass is 242 g/mol. The van der Waals surface area contributed by atoms with E-state index >= 15 is 0 Å². The Morgan fingerprint density at radius 3 is 2.47 bits per heavy atom. The van der Waals surface area contributed by atoms with Crippen LogP contribution in [0.1, 0.15) is 45.4 Å². The topological polar surface area (TPSA) is 38.7 Å². The fourth-order valence-electron chi connectivity index (χ4n) is 3.09. The van der Waals surface area contributed by atoms with Gasteiger partial charge in [-0.3, -0.25) is 0 Å². The summed E-state index contributed by atoms with van der Waals surface area (Å²) in [5.74, 6) is 1.38. The molecule has 3 nitrogen and oxygen atoms in total. The average molecular weight is 242 g/mol. The molecule has 1 atom stereocenters. The first kappa shape index (κ1) is 13.3. The zero-order chi connectivity index (χ0) is 12.1. The lowest BCUT2D eigenvalue weighted by molar-refractivity contribution is -0.0415. The molecule has 0 aromatic carbocycles. The molecule has 0 aromatic heterocycles. The van der Waals surface area contributed by atoms with Crippen molar-refractivity contribution in [2.24, 2.45) is 11.8 Å². The lowest BCUT2D eigenvalue weighted by Gasteiger charge is -2.36. The van der Waals surface area contributed by atoms with Crippen molar-refractivity contribution in [2.75, 3.05) is 19.8 Å². The smallest absolute Gasteiger partial charge is 0.0580 e. The predicted molar refractivity (Wildman–Crippen MR) is 66.9 cm³/mol. The van der Waals surface area contributed by atoms with Crippen molar-refractivity contribution in [1.29, 1.82) is 0 Å². The van der Waals surface area contributed by atoms with Crippen molar-refractivity contribution in [2.45, 2.75) is 57.7 Å². The van der Waals surface area contributed by atoms with Gasteiger partial charge in [0.25, 0.3) is 0 Å². The van der Waals surface area contributed by atoms with Crippen molar-refractivity contribution < 1.29 is 14.6 Å². The minimum atomic E-state index is -0.106. The minimum absolute atomic E-state index is 0.106. The molecule has 2 fully saturated rings. The Kier molecular flexibility index (Phi) is 5.26. The van der Waals surface area contributed by atoms with Gasteiger partial charge in [-0.2, -0.15) is 0 Å². The molecule has 1 unspecified atom stereocenters. The number of hydrogen-bond acceptors (Lipinski definition) is 3. The summed E-state index contributed by atoms with van der Waals surface area (Å²) < 4.78 is 10.9. The molecule has 1 N–H and O–H groups in total. The first-order valence-corrected chi connectivity index (χ1v) is 7.15. The Hall–Kier alpha value is -0.120. The van der Waals surface area contributed by atoms with Crippen molar-refractivity contribution in [3.8, 4) is 0 Å². The van der Waals surface area contributed by atoms with Crippen LogP contribution in [0.3, 0.4) is 0 Å². The Morgan fingerprint density at radius 2 is 1.82 bits per heavy atom. The summed E-state index contributed by atoms with van der Waals surface area (Å²) in [4.78, 5) is 0. The molecule has 1 aliphatic heterocycles. The normalized spacial score (nSPS) is 32.1. The average Bonchev–Trinajstić information content (AvgIpc) is 2.27. The highest BCUT2D eigenvalue weighted by atomic mass is 16.5. The molecule has 2 aliphatic rings. The molecule has 1 aliphatic carbocycles. The summed E-state index contributed by atoms with van der Waals surface area (Å²) in [6, 6.07) is 0. The molecule has 0 aromatic rings. The Bertz CT molecular complexity index is 208. The maximum Gasteiger partial charge on any atom is 0.0580 e. The predicted octanol–water partition coefficient (Wildman–Crippen LogP) is 2.37. The van der Waals surface area contributed by atoms with Crippen molar-refractivity contribution >= 4 is 0 Å². The van der Waals surface area contributed by atoms with Crippen molar-refractivity contribution in [3.63, 3.8) is 0 Å². The summed E-state index contributed by atoms with van der Waals surface area (Å²) in [5, 5.41) is 10.1. The second-order valence-corrected chi connectivity index (χ2v) is 5.60. The van der Waals surface area contributed by atoms with Gasteiger partial charge in [0.15, 0.2) is 0 Å². The standard InChI is InChI=1S/C14H26O3/c1-2-17-14-9-12(10-14)8-13(15)7-11-3-5-16-6-4-11/h11-15H,2-10H2,1H3. The van der Waals surface area contributed by atoms with Gasteiger partial charge in [0, 0.05) is 19.8 Å². The van der Waals surface area contributed by atoms with E-state index in [1.54, 1.807) is 0 Å². The SMILES string of the molecule is CCOC1CC(CC(O)CC2CCOCC2)C1. The van der Waals surface area contributed by atoms with Crippen molar-refractivity contribution in [1.82, 2.24) is 0 Å². The van der Waals surface area contributed by atoms with Gasteiger partial charge in [0.05, 0.1) is 12.2 Å². The largest absolute Gasteiger partial charge is 0.393 e. The molecule has 1 saturated heterocycles. The van der Waals surface area contributed by atoms with E-state index in [0.29, 0.717) is 17.9 Å². The number of aliphatic hydroxyl groups excluding tert-OH is 1. The first-order valence-electron chi connectivity index (χ1n) is 7.15. The maximum atomic E-state index is 10.1. The van der Waals surface area contributed by atoms with E-state index in [1.807, 2.05) is 6.92 Å². The summed E-state index contributed by atoms with van der Waals surface area (Å²) in [7, 11) is 0. The molecule has 1 saturated carbocycles. The first-order chi connectivity index (χ1) is 8.28. The third-order valence-corrected chi connectivity index (χ3v) is 4.15. The lowest BCUT2D eigenvalue weighted by Crippen LogP contribution is -2.34. The van der Waals surface area contributed by atoms with E-state index in [0.717, 1.165) is 58.3 Å². The molecule has 17 heavy (non-hydrogen) atoms. The van der Waals surface area contributed by atoms with E-state index in [9.17, 15) is 5.11 Å². The fourth-order valence-corrected chi connectivity index (χ4v) is 3.09. The lowest BCUT2D eigenvalue weighted by atomic mass is 9.77. The van der Waals surface area contributed by atoms with Crippen LogP contribution >= 0.6 is 0 Å². The van der Waals surface area contributed by atoms with Crippen LogP contribution < -0.4 is 0 Å². The van der Waals surface area contributed by atoms with Crippen molar-refractivity contribution in [3.05, 3.63) is 0 Å². The van der Waals surface area contributed by atoms with Gasteiger partial charge in [0.2, 0.25) is 0 Å². The van der Waals surface area contributed by atoms with Crippen LogP contribution in [0.5, 0.6) is 0 Å². The molecule has 100 valence electrons. The molecule has 3 heteroatoms. The van der Waals surface area contributed by atoms with Gasteiger partial charge >= 0.3 is 0 Å². The molecule has 0 spiro atoms. The highest BCUT2D eigenvalue weighted by Gasteiger charge is 2.31. The highest BCUT2D eigenvalue weighted by Crippen LogP contribution is 2.35. The van der Waals surface area contributed by atoms with Crippen LogP contribution in [0.2, 0.25) is 0 Å². The summed E-state index contributed by atoms with van der Waals surface area (Å²) in [5.41, 5.74) is 0. The molecule has 0 amide bonds. The minimum Gasteiger partial charge on any atom is -0.393 e. The zero-order valence-electron chi connectivity index (χ0n) is 10.9. The van der Waals surface area contributed by atoms with Crippen LogP contribution in [0.15, 0.2) is 0 Å². The van der Waals surface area contributed by atoms with Crippen LogP contribution in [-0.4, -0.2) is 37.1 Å². The maximum absolute atomic E-state index is 10.1. The second-order valence-electron chi connectivity index (χ2n) is 5.60. The Morgan fingerprint density at radius 1 is 1.18 bits per heavy atom. The Balaban J connectivity index is 1.56. The Labute approximate surface area is 104 Å². The number of ether oxygens (including phenoxy) is 2. The number of rotatable bonds is 6. The van der Waals surface area contributed by atoms with E-state index < -0.39 is 0 Å². The highest BCUT2D eigenvalue weighted by molar-refractivity contribution is 4.82. The third kappa shape index (κ3) is 4.23. The molecule has 0 radical (unpaired) electrons. The van der Waals surface area contributed by atoms with Gasteiger partial charge in [-0.25, -0.2) is 0 Å². The molecule has 2 rings (SSSR count). The van der Waals surface area contributed by atoms with E-state index in [-0.39, 0.29) is 6.10 Å². The van der Waals surface area contributed by atoms with E-state index in [2.05, 4.69) is 0 Å². The summed E-state index contributed by atoms with van der Waals surface area (Å²) in [6.07, 6.45) is 6.87. The van der Waals surface area contributed by atoms with Crippen LogP contribution in [-0.2, 0) is 9.47 Å².